The van der Waals surface area contributed by atoms with Crippen LogP contribution in [0, 0.1) is 10.1 Å². The Morgan fingerprint density at radius 2 is 2.04 bits per heavy atom. The number of nitrogens with zero attached hydrogens (tertiary/aromatic N) is 2. The number of aromatic amines is 1. The number of nitro groups is 1. The standard InChI is InChI=1S/C13H6ClF3N4O3/c14-5-1-6-10-7(19-11(6)9(2-5)21(23)24)3-18-4-8(10)20-12(22)13(15,16)17/h1-4,19H,(H,20,22). The molecule has 0 bridgehead atoms. The maximum Gasteiger partial charge on any atom is 0.471 e. The lowest BCUT2D eigenvalue weighted by Crippen LogP contribution is -2.30. The quantitative estimate of drug-likeness (QED) is 0.537. The molecule has 0 fully saturated rings. The molecule has 11 heteroatoms. The first-order valence-electron chi connectivity index (χ1n) is 6.30. The molecule has 1 aromatic carbocycles. The predicted octanol–water partition coefficient (Wildman–Crippen LogP) is 3.78. The molecule has 0 spiro atoms. The number of alkyl halides is 3. The molecule has 3 rings (SSSR count). The van der Waals surface area contributed by atoms with E-state index in [9.17, 15) is 28.1 Å². The van der Waals surface area contributed by atoms with Crippen LogP contribution in [0.4, 0.5) is 24.5 Å². The molecule has 3 aromatic rings. The number of anilines is 1. The van der Waals surface area contributed by atoms with Crippen LogP contribution >= 0.6 is 11.6 Å². The van der Waals surface area contributed by atoms with Crippen molar-refractivity contribution in [1.29, 1.82) is 0 Å². The van der Waals surface area contributed by atoms with Crippen molar-refractivity contribution in [2.75, 3.05) is 5.32 Å². The van der Waals surface area contributed by atoms with Crippen LogP contribution < -0.4 is 5.32 Å². The van der Waals surface area contributed by atoms with Crippen molar-refractivity contribution in [2.24, 2.45) is 0 Å². The minimum Gasteiger partial charge on any atom is -0.348 e. The van der Waals surface area contributed by atoms with Crippen LogP contribution in [0.1, 0.15) is 0 Å². The molecule has 0 saturated heterocycles. The van der Waals surface area contributed by atoms with Crippen LogP contribution in [0.3, 0.4) is 0 Å². The molecular weight excluding hydrogens is 353 g/mol. The number of fused-ring (bicyclic) bond motifs is 3. The van der Waals surface area contributed by atoms with E-state index in [1.54, 1.807) is 5.32 Å². The van der Waals surface area contributed by atoms with Gasteiger partial charge in [0.2, 0.25) is 0 Å². The zero-order valence-corrected chi connectivity index (χ0v) is 12.2. The smallest absolute Gasteiger partial charge is 0.348 e. The fourth-order valence-electron chi connectivity index (χ4n) is 2.33. The maximum atomic E-state index is 12.5. The fraction of sp³-hybridized carbons (Fsp3) is 0.0769. The summed E-state index contributed by atoms with van der Waals surface area (Å²) in [6.07, 6.45) is -2.79. The number of benzene rings is 1. The SMILES string of the molecule is O=C(Nc1cncc2[nH]c3c([N+](=O)[O-])cc(Cl)cc3c12)C(F)(F)F. The van der Waals surface area contributed by atoms with Crippen LogP contribution in [-0.4, -0.2) is 27.0 Å². The first-order valence-corrected chi connectivity index (χ1v) is 6.68. The largest absolute Gasteiger partial charge is 0.471 e. The Labute approximate surface area is 135 Å². The summed E-state index contributed by atoms with van der Waals surface area (Å²) in [4.78, 5) is 28.1. The van der Waals surface area contributed by atoms with Crippen molar-refractivity contribution in [3.63, 3.8) is 0 Å². The average molecular weight is 359 g/mol. The maximum absolute atomic E-state index is 12.5. The van der Waals surface area contributed by atoms with Gasteiger partial charge in [-0.25, -0.2) is 0 Å². The summed E-state index contributed by atoms with van der Waals surface area (Å²) < 4.78 is 37.4. The minimum atomic E-state index is -5.09. The number of H-pyrrole nitrogens is 1. The number of carbonyl (C=O) groups is 1. The van der Waals surface area contributed by atoms with E-state index in [0.29, 0.717) is 0 Å². The summed E-state index contributed by atoms with van der Waals surface area (Å²) in [7, 11) is 0. The molecule has 2 N–H and O–H groups in total. The zero-order chi connectivity index (χ0) is 17.6. The highest BCUT2D eigenvalue weighted by Gasteiger charge is 2.39. The van der Waals surface area contributed by atoms with E-state index >= 15 is 0 Å². The van der Waals surface area contributed by atoms with Gasteiger partial charge in [0.15, 0.2) is 0 Å². The van der Waals surface area contributed by atoms with Gasteiger partial charge in [0.1, 0.15) is 5.52 Å². The second-order valence-corrected chi connectivity index (χ2v) is 5.23. The Morgan fingerprint density at radius 1 is 1.33 bits per heavy atom. The van der Waals surface area contributed by atoms with Crippen LogP contribution in [0.15, 0.2) is 24.5 Å². The Bertz CT molecular complexity index is 999. The second-order valence-electron chi connectivity index (χ2n) is 4.79. The van der Waals surface area contributed by atoms with Gasteiger partial charge in [-0.2, -0.15) is 13.2 Å². The second kappa shape index (κ2) is 5.34. The number of halogens is 4. The van der Waals surface area contributed by atoms with E-state index in [2.05, 4.69) is 9.97 Å². The number of hydrogen-bond acceptors (Lipinski definition) is 4. The molecular formula is C13H6ClF3N4O3. The average Bonchev–Trinajstić information content (AvgIpc) is 2.84. The molecule has 0 unspecified atom stereocenters. The van der Waals surface area contributed by atoms with Crippen LogP contribution in [0.25, 0.3) is 21.8 Å². The van der Waals surface area contributed by atoms with E-state index < -0.39 is 17.0 Å². The lowest BCUT2D eigenvalue weighted by molar-refractivity contribution is -0.383. The Kier molecular flexibility index (Phi) is 3.56. The summed E-state index contributed by atoms with van der Waals surface area (Å²) in [5.74, 6) is -2.18. The lowest BCUT2D eigenvalue weighted by Gasteiger charge is -2.08. The first kappa shape index (κ1) is 16.0. The van der Waals surface area contributed by atoms with E-state index in [1.807, 2.05) is 0 Å². The normalized spacial score (nSPS) is 11.8. The number of rotatable bonds is 2. The van der Waals surface area contributed by atoms with E-state index in [0.717, 1.165) is 12.3 Å². The van der Waals surface area contributed by atoms with Crippen molar-refractivity contribution >= 4 is 50.7 Å². The number of hydrogen-bond donors (Lipinski definition) is 2. The summed E-state index contributed by atoms with van der Waals surface area (Å²) >= 11 is 5.85. The Morgan fingerprint density at radius 3 is 2.67 bits per heavy atom. The molecule has 0 aliphatic rings. The topological polar surface area (TPSA) is 101 Å². The number of non-ortho nitro benzene ring substituents is 1. The van der Waals surface area contributed by atoms with Gasteiger partial charge in [-0.15, -0.1) is 0 Å². The summed E-state index contributed by atoms with van der Waals surface area (Å²) in [5, 5.41) is 13.2. The van der Waals surface area contributed by atoms with Crippen molar-refractivity contribution in [3.05, 3.63) is 39.7 Å². The molecule has 0 aliphatic carbocycles. The van der Waals surface area contributed by atoms with Gasteiger partial charge >= 0.3 is 12.1 Å². The minimum absolute atomic E-state index is 0.0278. The van der Waals surface area contributed by atoms with Gasteiger partial charge in [-0.1, -0.05) is 11.6 Å². The predicted molar refractivity (Wildman–Crippen MR) is 79.9 cm³/mol. The highest BCUT2D eigenvalue weighted by molar-refractivity contribution is 6.32. The van der Waals surface area contributed by atoms with Crippen molar-refractivity contribution in [3.8, 4) is 0 Å². The Hall–Kier alpha value is -2.88. The molecule has 0 atom stereocenters. The zero-order valence-electron chi connectivity index (χ0n) is 11.4. The van der Waals surface area contributed by atoms with Crippen molar-refractivity contribution in [1.82, 2.24) is 9.97 Å². The lowest BCUT2D eigenvalue weighted by atomic mass is 10.1. The molecule has 0 aliphatic heterocycles. The van der Waals surface area contributed by atoms with E-state index in [1.165, 1.54) is 12.3 Å². The molecule has 1 amide bonds. The monoisotopic (exact) mass is 358 g/mol. The number of pyridine rings is 1. The molecule has 7 nitrogen and oxygen atoms in total. The third-order valence-corrected chi connectivity index (χ3v) is 3.48. The third kappa shape index (κ3) is 2.60. The van der Waals surface area contributed by atoms with Gasteiger partial charge < -0.3 is 10.3 Å². The summed E-state index contributed by atoms with van der Waals surface area (Å²) in [6.45, 7) is 0. The van der Waals surface area contributed by atoms with Crippen LogP contribution in [0.5, 0.6) is 0 Å². The van der Waals surface area contributed by atoms with Crippen molar-refractivity contribution < 1.29 is 22.9 Å². The van der Waals surface area contributed by atoms with E-state index in [-0.39, 0.29) is 38.2 Å². The highest BCUT2D eigenvalue weighted by atomic mass is 35.5. The van der Waals surface area contributed by atoms with Gasteiger partial charge in [0.05, 0.1) is 28.5 Å². The van der Waals surface area contributed by atoms with Gasteiger partial charge in [0.25, 0.3) is 5.69 Å². The number of amides is 1. The fourth-order valence-corrected chi connectivity index (χ4v) is 2.55. The first-order chi connectivity index (χ1) is 11.2. The molecule has 2 heterocycles. The van der Waals surface area contributed by atoms with E-state index in [4.69, 9.17) is 11.6 Å². The van der Waals surface area contributed by atoms with Gasteiger partial charge in [-0.05, 0) is 6.07 Å². The number of nitrogens with one attached hydrogen (secondary N) is 2. The van der Waals surface area contributed by atoms with Crippen LogP contribution in [-0.2, 0) is 4.79 Å². The van der Waals surface area contributed by atoms with Gasteiger partial charge in [0, 0.05) is 21.9 Å². The molecule has 24 heavy (non-hydrogen) atoms. The number of aromatic nitrogens is 2. The number of carbonyl (C=O) groups excluding carboxylic acids is 1. The Balaban J connectivity index is 2.30. The molecule has 0 radical (unpaired) electrons. The summed E-state index contributed by atoms with van der Waals surface area (Å²) in [6, 6.07) is 2.46. The molecule has 0 saturated carbocycles. The van der Waals surface area contributed by atoms with Crippen molar-refractivity contribution in [2.45, 2.75) is 6.18 Å². The highest BCUT2D eigenvalue weighted by Crippen LogP contribution is 2.37. The molecule has 2 aromatic heterocycles. The summed E-state index contributed by atoms with van der Waals surface area (Å²) in [5.41, 5.74) is -0.301. The third-order valence-electron chi connectivity index (χ3n) is 3.26. The number of nitro benzene ring substituents is 1. The molecule has 124 valence electrons. The van der Waals surface area contributed by atoms with Gasteiger partial charge in [-0.3, -0.25) is 19.9 Å². The van der Waals surface area contributed by atoms with Crippen LogP contribution in [0.2, 0.25) is 5.02 Å².